The summed E-state index contributed by atoms with van der Waals surface area (Å²) in [4.78, 5) is 0. The quantitative estimate of drug-likeness (QED) is 0.675. The summed E-state index contributed by atoms with van der Waals surface area (Å²) < 4.78 is 0. The van der Waals surface area contributed by atoms with Gasteiger partial charge in [-0.1, -0.05) is 33.6 Å². The molecule has 0 saturated heterocycles. The smallest absolute Gasteiger partial charge is 0.0159 e. The zero-order valence-corrected chi connectivity index (χ0v) is 8.82. The van der Waals surface area contributed by atoms with E-state index >= 15 is 0 Å². The molecule has 1 aliphatic carbocycles. The maximum absolute atomic E-state index is 6.35. The molecule has 1 fully saturated rings. The van der Waals surface area contributed by atoms with E-state index in [1.807, 2.05) is 0 Å². The fourth-order valence-corrected chi connectivity index (χ4v) is 2.76. The van der Waals surface area contributed by atoms with Crippen LogP contribution in [0.4, 0.5) is 0 Å². The van der Waals surface area contributed by atoms with Crippen LogP contribution in [0.3, 0.4) is 0 Å². The van der Waals surface area contributed by atoms with Crippen molar-refractivity contribution in [3.05, 3.63) is 0 Å². The molecule has 1 aliphatic rings. The highest BCUT2D eigenvalue weighted by atomic mass is 14.8. The Morgan fingerprint density at radius 1 is 1.25 bits per heavy atom. The van der Waals surface area contributed by atoms with E-state index < -0.39 is 0 Å². The molecule has 0 spiro atoms. The molecule has 2 N–H and O–H groups in total. The van der Waals surface area contributed by atoms with Gasteiger partial charge in [-0.3, -0.25) is 0 Å². The van der Waals surface area contributed by atoms with Crippen molar-refractivity contribution in [2.24, 2.45) is 11.1 Å². The van der Waals surface area contributed by atoms with Crippen molar-refractivity contribution in [2.75, 3.05) is 0 Å². The van der Waals surface area contributed by atoms with Crippen molar-refractivity contribution in [3.8, 4) is 0 Å². The van der Waals surface area contributed by atoms with E-state index in [2.05, 4.69) is 20.8 Å². The highest BCUT2D eigenvalue weighted by Gasteiger charge is 2.35. The van der Waals surface area contributed by atoms with Gasteiger partial charge in [-0.15, -0.1) is 0 Å². The molecule has 1 rings (SSSR count). The third-order valence-corrected chi connectivity index (χ3v) is 3.11. The van der Waals surface area contributed by atoms with E-state index in [9.17, 15) is 0 Å². The minimum absolute atomic E-state index is 0.163. The molecule has 1 nitrogen and oxygen atoms in total. The average molecular weight is 169 g/mol. The lowest BCUT2D eigenvalue weighted by Crippen LogP contribution is -2.46. The van der Waals surface area contributed by atoms with Crippen molar-refractivity contribution in [3.63, 3.8) is 0 Å². The van der Waals surface area contributed by atoms with Crippen molar-refractivity contribution >= 4 is 0 Å². The van der Waals surface area contributed by atoms with Crippen LogP contribution in [0.1, 0.15) is 59.3 Å². The Morgan fingerprint density at radius 3 is 2.42 bits per heavy atom. The maximum atomic E-state index is 6.35. The van der Waals surface area contributed by atoms with Crippen LogP contribution in [-0.2, 0) is 0 Å². The molecule has 0 heterocycles. The largest absolute Gasteiger partial charge is 0.325 e. The molecule has 1 heteroatoms. The van der Waals surface area contributed by atoms with Gasteiger partial charge in [0.1, 0.15) is 0 Å². The SMILES string of the molecule is CCCC1(N)CCCC(C)(C)C1. The van der Waals surface area contributed by atoms with Crippen molar-refractivity contribution in [1.29, 1.82) is 0 Å². The Morgan fingerprint density at radius 2 is 1.92 bits per heavy atom. The number of nitrogens with two attached hydrogens (primary N) is 1. The molecule has 72 valence electrons. The van der Waals surface area contributed by atoms with Crippen LogP contribution in [-0.4, -0.2) is 5.54 Å². The Hall–Kier alpha value is -0.0400. The van der Waals surface area contributed by atoms with Gasteiger partial charge >= 0.3 is 0 Å². The molecule has 0 radical (unpaired) electrons. The van der Waals surface area contributed by atoms with Crippen LogP contribution >= 0.6 is 0 Å². The van der Waals surface area contributed by atoms with E-state index in [-0.39, 0.29) is 5.54 Å². The monoisotopic (exact) mass is 169 g/mol. The van der Waals surface area contributed by atoms with Crippen molar-refractivity contribution in [1.82, 2.24) is 0 Å². The first kappa shape index (κ1) is 10.0. The van der Waals surface area contributed by atoms with Crippen LogP contribution in [0.25, 0.3) is 0 Å². The highest BCUT2D eigenvalue weighted by molar-refractivity contribution is 4.93. The Balaban J connectivity index is 2.55. The third-order valence-electron chi connectivity index (χ3n) is 3.11. The number of hydrogen-bond donors (Lipinski definition) is 1. The van der Waals surface area contributed by atoms with Crippen molar-refractivity contribution < 1.29 is 0 Å². The topological polar surface area (TPSA) is 26.0 Å². The summed E-state index contributed by atoms with van der Waals surface area (Å²) in [5, 5.41) is 0. The molecule has 12 heavy (non-hydrogen) atoms. The zero-order chi connectivity index (χ0) is 9.24. The molecule has 0 bridgehead atoms. The Bertz CT molecular complexity index is 147. The lowest BCUT2D eigenvalue weighted by Gasteiger charge is -2.42. The molecule has 0 aliphatic heterocycles. The minimum Gasteiger partial charge on any atom is -0.325 e. The summed E-state index contributed by atoms with van der Waals surface area (Å²) >= 11 is 0. The lowest BCUT2D eigenvalue weighted by molar-refractivity contribution is 0.143. The second-order valence-corrected chi connectivity index (χ2v) is 5.31. The summed E-state index contributed by atoms with van der Waals surface area (Å²) in [7, 11) is 0. The molecule has 1 atom stereocenters. The predicted octanol–water partition coefficient (Wildman–Crippen LogP) is 3.08. The molecule has 0 amide bonds. The zero-order valence-electron chi connectivity index (χ0n) is 8.82. The van der Waals surface area contributed by atoms with Gasteiger partial charge in [0.05, 0.1) is 0 Å². The van der Waals surface area contributed by atoms with Crippen molar-refractivity contribution in [2.45, 2.75) is 64.8 Å². The molecule has 1 unspecified atom stereocenters. The molecular weight excluding hydrogens is 146 g/mol. The Kier molecular flexibility index (Phi) is 2.82. The summed E-state index contributed by atoms with van der Waals surface area (Å²) in [5.41, 5.74) is 7.00. The summed E-state index contributed by atoms with van der Waals surface area (Å²) in [5.74, 6) is 0. The van der Waals surface area contributed by atoms with Gasteiger partial charge in [-0.25, -0.2) is 0 Å². The second kappa shape index (κ2) is 3.37. The third kappa shape index (κ3) is 2.48. The number of hydrogen-bond acceptors (Lipinski definition) is 1. The summed E-state index contributed by atoms with van der Waals surface area (Å²) in [6.07, 6.45) is 7.57. The van der Waals surface area contributed by atoms with Crippen LogP contribution < -0.4 is 5.73 Å². The molecule has 0 aromatic rings. The standard InChI is InChI=1S/C11H23N/c1-4-6-11(12)8-5-7-10(2,3)9-11/h4-9,12H2,1-3H3. The van der Waals surface area contributed by atoms with Gasteiger partial charge in [0.25, 0.3) is 0 Å². The van der Waals surface area contributed by atoms with Gasteiger partial charge in [0, 0.05) is 5.54 Å². The second-order valence-electron chi connectivity index (χ2n) is 5.31. The molecule has 0 aromatic carbocycles. The van der Waals surface area contributed by atoms with Gasteiger partial charge in [-0.2, -0.15) is 0 Å². The predicted molar refractivity (Wildman–Crippen MR) is 54.1 cm³/mol. The Labute approximate surface area is 76.7 Å². The van der Waals surface area contributed by atoms with Gasteiger partial charge in [0.2, 0.25) is 0 Å². The first-order chi connectivity index (χ1) is 5.47. The van der Waals surface area contributed by atoms with Gasteiger partial charge < -0.3 is 5.73 Å². The molecular formula is C11H23N. The van der Waals surface area contributed by atoms with Gasteiger partial charge in [0.15, 0.2) is 0 Å². The highest BCUT2D eigenvalue weighted by Crippen LogP contribution is 2.41. The van der Waals surface area contributed by atoms with E-state index in [1.54, 1.807) is 0 Å². The van der Waals surface area contributed by atoms with Crippen LogP contribution in [0, 0.1) is 5.41 Å². The van der Waals surface area contributed by atoms with Gasteiger partial charge in [-0.05, 0) is 31.1 Å². The first-order valence-electron chi connectivity index (χ1n) is 5.26. The fraction of sp³-hybridized carbons (Fsp3) is 1.00. The minimum atomic E-state index is 0.163. The first-order valence-corrected chi connectivity index (χ1v) is 5.26. The molecule has 0 aromatic heterocycles. The lowest BCUT2D eigenvalue weighted by atomic mass is 9.67. The maximum Gasteiger partial charge on any atom is 0.0159 e. The van der Waals surface area contributed by atoms with Crippen LogP contribution in [0.5, 0.6) is 0 Å². The normalized spacial score (nSPS) is 35.0. The average Bonchev–Trinajstić information content (AvgIpc) is 1.83. The number of rotatable bonds is 2. The van der Waals surface area contributed by atoms with Crippen LogP contribution in [0.15, 0.2) is 0 Å². The summed E-state index contributed by atoms with van der Waals surface area (Å²) in [6.45, 7) is 6.93. The van der Waals surface area contributed by atoms with E-state index in [4.69, 9.17) is 5.73 Å². The van der Waals surface area contributed by atoms with Crippen LogP contribution in [0.2, 0.25) is 0 Å². The van der Waals surface area contributed by atoms with E-state index in [0.717, 1.165) is 0 Å². The summed E-state index contributed by atoms with van der Waals surface area (Å²) in [6, 6.07) is 0. The van der Waals surface area contributed by atoms with E-state index in [1.165, 1.54) is 38.5 Å². The molecule has 1 saturated carbocycles. The fourth-order valence-electron chi connectivity index (χ4n) is 2.76. The van der Waals surface area contributed by atoms with E-state index in [0.29, 0.717) is 5.41 Å².